The van der Waals surface area contributed by atoms with E-state index in [0.29, 0.717) is 11.8 Å². The number of hydrogen-bond acceptors (Lipinski definition) is 1. The molecule has 0 saturated heterocycles. The quantitative estimate of drug-likeness (QED) is 0.766. The maximum atomic E-state index is 10.3. The second kappa shape index (κ2) is 4.06. The number of aliphatic hydroxyl groups excluding tert-OH is 1. The van der Waals surface area contributed by atoms with Crippen molar-refractivity contribution >= 4 is 0 Å². The van der Waals surface area contributed by atoms with Crippen molar-refractivity contribution in [2.45, 2.75) is 37.7 Å². The largest absolute Gasteiger partial charge is 0.388 e. The monoisotopic (exact) mass is 214 g/mol. The molecule has 0 aromatic heterocycles. The molecule has 16 heavy (non-hydrogen) atoms. The summed E-state index contributed by atoms with van der Waals surface area (Å²) in [5, 5.41) is 10.3. The third-order valence-electron chi connectivity index (χ3n) is 3.93. The Hall–Kier alpha value is -1.08. The Kier molecular flexibility index (Phi) is 2.56. The SMILES string of the molecule is OC(C1=CCCC1)C1CC1c1ccccc1. The standard InChI is InChI=1S/C15H18O/c16-15(12-8-4-5-9-12)14-10-13(14)11-6-2-1-3-7-11/h1-3,6-8,13-16H,4-5,9-10H2. The molecule has 1 nitrogen and oxygen atoms in total. The number of benzene rings is 1. The molecule has 0 spiro atoms. The van der Waals surface area contributed by atoms with Gasteiger partial charge in [0.2, 0.25) is 0 Å². The molecule has 1 N–H and O–H groups in total. The van der Waals surface area contributed by atoms with E-state index in [9.17, 15) is 5.11 Å². The zero-order valence-corrected chi connectivity index (χ0v) is 9.47. The number of rotatable bonds is 3. The van der Waals surface area contributed by atoms with Crippen molar-refractivity contribution < 1.29 is 5.11 Å². The van der Waals surface area contributed by atoms with E-state index in [-0.39, 0.29) is 6.10 Å². The van der Waals surface area contributed by atoms with Crippen LogP contribution in [0.2, 0.25) is 0 Å². The van der Waals surface area contributed by atoms with Crippen LogP contribution in [0.5, 0.6) is 0 Å². The van der Waals surface area contributed by atoms with E-state index in [1.54, 1.807) is 0 Å². The van der Waals surface area contributed by atoms with Crippen LogP contribution in [0.3, 0.4) is 0 Å². The predicted octanol–water partition coefficient (Wildman–Crippen LogP) is 3.26. The molecular weight excluding hydrogens is 196 g/mol. The van der Waals surface area contributed by atoms with Gasteiger partial charge < -0.3 is 5.11 Å². The van der Waals surface area contributed by atoms with Gasteiger partial charge in [0.05, 0.1) is 6.10 Å². The van der Waals surface area contributed by atoms with Gasteiger partial charge in [0.15, 0.2) is 0 Å². The van der Waals surface area contributed by atoms with Gasteiger partial charge in [-0.15, -0.1) is 0 Å². The number of allylic oxidation sites excluding steroid dienone is 1. The van der Waals surface area contributed by atoms with Crippen LogP contribution in [0.4, 0.5) is 0 Å². The topological polar surface area (TPSA) is 20.2 Å². The molecule has 1 fully saturated rings. The second-order valence-electron chi connectivity index (χ2n) is 5.03. The Bertz CT molecular complexity index is 393. The lowest BCUT2D eigenvalue weighted by molar-refractivity contribution is 0.182. The van der Waals surface area contributed by atoms with Crippen molar-refractivity contribution in [1.29, 1.82) is 0 Å². The summed E-state index contributed by atoms with van der Waals surface area (Å²) in [6, 6.07) is 10.6. The minimum Gasteiger partial charge on any atom is -0.388 e. The summed E-state index contributed by atoms with van der Waals surface area (Å²) in [5.74, 6) is 1.07. The molecule has 1 saturated carbocycles. The molecule has 0 amide bonds. The van der Waals surface area contributed by atoms with Gasteiger partial charge in [-0.25, -0.2) is 0 Å². The van der Waals surface area contributed by atoms with Gasteiger partial charge in [0, 0.05) is 0 Å². The molecule has 0 aliphatic heterocycles. The summed E-state index contributed by atoms with van der Waals surface area (Å²) in [7, 11) is 0. The van der Waals surface area contributed by atoms with Crippen molar-refractivity contribution in [2.24, 2.45) is 5.92 Å². The van der Waals surface area contributed by atoms with E-state index < -0.39 is 0 Å². The van der Waals surface area contributed by atoms with E-state index in [4.69, 9.17) is 0 Å². The summed E-state index contributed by atoms with van der Waals surface area (Å²) in [4.78, 5) is 0. The summed E-state index contributed by atoms with van der Waals surface area (Å²) < 4.78 is 0. The van der Waals surface area contributed by atoms with E-state index in [1.165, 1.54) is 17.6 Å². The molecule has 3 atom stereocenters. The normalized spacial score (nSPS) is 29.9. The molecule has 0 radical (unpaired) electrons. The molecule has 1 heteroatoms. The van der Waals surface area contributed by atoms with Gasteiger partial charge in [-0.3, -0.25) is 0 Å². The molecular formula is C15H18O. The van der Waals surface area contributed by atoms with E-state index >= 15 is 0 Å². The fourth-order valence-electron chi connectivity index (χ4n) is 2.89. The van der Waals surface area contributed by atoms with Gasteiger partial charge in [0.25, 0.3) is 0 Å². The summed E-state index contributed by atoms with van der Waals surface area (Å²) in [6.45, 7) is 0. The van der Waals surface area contributed by atoms with Crippen LogP contribution in [0.1, 0.15) is 37.2 Å². The first-order chi connectivity index (χ1) is 7.86. The van der Waals surface area contributed by atoms with Crippen LogP contribution in [0.25, 0.3) is 0 Å². The summed E-state index contributed by atoms with van der Waals surface area (Å²) in [6.07, 6.45) is 6.73. The van der Waals surface area contributed by atoms with Crippen molar-refractivity contribution in [2.75, 3.05) is 0 Å². The average molecular weight is 214 g/mol. The maximum absolute atomic E-state index is 10.3. The van der Waals surface area contributed by atoms with Crippen LogP contribution in [0.15, 0.2) is 42.0 Å². The molecule has 2 aliphatic carbocycles. The second-order valence-corrected chi connectivity index (χ2v) is 5.03. The molecule has 0 heterocycles. The highest BCUT2D eigenvalue weighted by atomic mass is 16.3. The van der Waals surface area contributed by atoms with Crippen molar-refractivity contribution in [3.05, 3.63) is 47.5 Å². The Morgan fingerprint density at radius 1 is 1.19 bits per heavy atom. The van der Waals surface area contributed by atoms with Crippen LogP contribution in [-0.2, 0) is 0 Å². The zero-order valence-electron chi connectivity index (χ0n) is 9.47. The summed E-state index contributed by atoms with van der Waals surface area (Å²) in [5.41, 5.74) is 2.69. The van der Waals surface area contributed by atoms with Gasteiger partial charge in [-0.2, -0.15) is 0 Å². The van der Waals surface area contributed by atoms with Gasteiger partial charge in [-0.05, 0) is 48.7 Å². The molecule has 3 rings (SSSR count). The first-order valence-electron chi connectivity index (χ1n) is 6.28. The van der Waals surface area contributed by atoms with Crippen molar-refractivity contribution in [3.8, 4) is 0 Å². The molecule has 0 bridgehead atoms. The first kappa shape index (κ1) is 10.1. The Balaban J connectivity index is 1.67. The van der Waals surface area contributed by atoms with Gasteiger partial charge in [-0.1, -0.05) is 36.4 Å². The minimum atomic E-state index is -0.173. The van der Waals surface area contributed by atoms with Crippen LogP contribution < -0.4 is 0 Å². The smallest absolute Gasteiger partial charge is 0.0784 e. The number of hydrogen-bond donors (Lipinski definition) is 1. The third-order valence-corrected chi connectivity index (χ3v) is 3.93. The lowest BCUT2D eigenvalue weighted by Crippen LogP contribution is -2.12. The highest BCUT2D eigenvalue weighted by Crippen LogP contribution is 2.51. The molecule has 2 aliphatic rings. The number of aliphatic hydroxyl groups is 1. The molecule has 3 unspecified atom stereocenters. The highest BCUT2D eigenvalue weighted by Gasteiger charge is 2.44. The third kappa shape index (κ3) is 1.80. The van der Waals surface area contributed by atoms with Gasteiger partial charge in [0.1, 0.15) is 0 Å². The lowest BCUT2D eigenvalue weighted by Gasteiger charge is -2.11. The zero-order chi connectivity index (χ0) is 11.0. The van der Waals surface area contributed by atoms with Crippen molar-refractivity contribution in [3.63, 3.8) is 0 Å². The maximum Gasteiger partial charge on any atom is 0.0784 e. The van der Waals surface area contributed by atoms with E-state index in [1.807, 2.05) is 0 Å². The van der Waals surface area contributed by atoms with E-state index in [2.05, 4.69) is 36.4 Å². The highest BCUT2D eigenvalue weighted by molar-refractivity contribution is 5.29. The Morgan fingerprint density at radius 3 is 2.69 bits per heavy atom. The molecule has 84 valence electrons. The van der Waals surface area contributed by atoms with Crippen LogP contribution >= 0.6 is 0 Å². The first-order valence-corrected chi connectivity index (χ1v) is 6.28. The Labute approximate surface area is 96.8 Å². The summed E-state index contributed by atoms with van der Waals surface area (Å²) >= 11 is 0. The molecule has 1 aromatic rings. The Morgan fingerprint density at radius 2 is 2.00 bits per heavy atom. The lowest BCUT2D eigenvalue weighted by atomic mass is 10.0. The fraction of sp³-hybridized carbons (Fsp3) is 0.467. The van der Waals surface area contributed by atoms with E-state index in [0.717, 1.165) is 19.3 Å². The molecule has 1 aromatic carbocycles. The fourth-order valence-corrected chi connectivity index (χ4v) is 2.89. The van der Waals surface area contributed by atoms with Gasteiger partial charge >= 0.3 is 0 Å². The predicted molar refractivity (Wildman–Crippen MR) is 65.2 cm³/mol. The van der Waals surface area contributed by atoms with Crippen LogP contribution in [0, 0.1) is 5.92 Å². The van der Waals surface area contributed by atoms with Crippen molar-refractivity contribution in [1.82, 2.24) is 0 Å². The average Bonchev–Trinajstić information content (AvgIpc) is 2.95. The van der Waals surface area contributed by atoms with Crippen LogP contribution in [-0.4, -0.2) is 11.2 Å². The minimum absolute atomic E-state index is 0.173.